The number of anilines is 1. The van der Waals surface area contributed by atoms with Crippen molar-refractivity contribution in [2.24, 2.45) is 5.92 Å². The molecule has 8 nitrogen and oxygen atoms in total. The molecule has 2 atom stereocenters. The molecule has 4 heterocycles. The van der Waals surface area contributed by atoms with Crippen LogP contribution in [0, 0.1) is 12.8 Å². The number of nitrogens with one attached hydrogen (secondary N) is 1. The van der Waals surface area contributed by atoms with Crippen LogP contribution in [0.15, 0.2) is 4.52 Å². The molecular formula is C20H33N5O3. The lowest BCUT2D eigenvalue weighted by Gasteiger charge is -2.37. The Hall–Kier alpha value is -1.67. The number of hydrogen-bond acceptors (Lipinski definition) is 7. The highest BCUT2D eigenvalue weighted by Crippen LogP contribution is 2.26. The van der Waals surface area contributed by atoms with E-state index in [2.05, 4.69) is 25.3 Å². The number of rotatable bonds is 4. The highest BCUT2D eigenvalue weighted by molar-refractivity contribution is 5.79. The predicted octanol–water partition coefficient (Wildman–Crippen LogP) is 2.06. The molecule has 3 aliphatic heterocycles. The van der Waals surface area contributed by atoms with Gasteiger partial charge in [-0.1, -0.05) is 0 Å². The summed E-state index contributed by atoms with van der Waals surface area (Å²) in [6, 6.07) is 0.707. The van der Waals surface area contributed by atoms with Crippen molar-refractivity contribution in [3.05, 3.63) is 5.89 Å². The zero-order chi connectivity index (χ0) is 19.3. The van der Waals surface area contributed by atoms with Gasteiger partial charge in [0, 0.05) is 58.4 Å². The fourth-order valence-electron chi connectivity index (χ4n) is 4.81. The van der Waals surface area contributed by atoms with Gasteiger partial charge < -0.3 is 19.5 Å². The van der Waals surface area contributed by atoms with Crippen LogP contribution in [0.4, 0.5) is 5.95 Å². The van der Waals surface area contributed by atoms with Crippen molar-refractivity contribution in [2.75, 3.05) is 44.7 Å². The molecule has 4 rings (SSSR count). The fourth-order valence-corrected chi connectivity index (χ4v) is 4.81. The van der Waals surface area contributed by atoms with Gasteiger partial charge in [0.1, 0.15) is 0 Å². The van der Waals surface area contributed by atoms with Crippen molar-refractivity contribution in [1.82, 2.24) is 19.9 Å². The summed E-state index contributed by atoms with van der Waals surface area (Å²) < 4.78 is 10.7. The number of ether oxygens (including phenoxy) is 1. The van der Waals surface area contributed by atoms with E-state index in [1.165, 1.54) is 6.42 Å². The second-order valence-corrected chi connectivity index (χ2v) is 8.44. The second-order valence-electron chi connectivity index (χ2n) is 8.44. The van der Waals surface area contributed by atoms with E-state index in [1.54, 1.807) is 6.92 Å². The largest absolute Gasteiger partial charge is 0.381 e. The molecule has 3 saturated heterocycles. The van der Waals surface area contributed by atoms with Gasteiger partial charge in [-0.25, -0.2) is 0 Å². The molecule has 156 valence electrons. The minimum absolute atomic E-state index is 0.0831. The Bertz CT molecular complexity index is 640. The minimum atomic E-state index is 0.0831. The summed E-state index contributed by atoms with van der Waals surface area (Å²) in [6.45, 7) is 7.04. The Morgan fingerprint density at radius 2 is 1.86 bits per heavy atom. The van der Waals surface area contributed by atoms with E-state index >= 15 is 0 Å². The Balaban J connectivity index is 1.45. The van der Waals surface area contributed by atoms with Crippen molar-refractivity contribution in [3.63, 3.8) is 0 Å². The highest BCUT2D eigenvalue weighted by atomic mass is 16.5. The molecule has 0 radical (unpaired) electrons. The number of amides is 1. The number of nitrogens with zero attached hydrogens (tertiary/aromatic N) is 4. The van der Waals surface area contributed by atoms with Crippen LogP contribution in [-0.2, 0) is 9.53 Å². The van der Waals surface area contributed by atoms with Crippen LogP contribution in [0.1, 0.15) is 50.8 Å². The number of carbonyl (C=O) groups excluding carboxylic acids is 1. The Morgan fingerprint density at radius 3 is 2.57 bits per heavy atom. The molecular weight excluding hydrogens is 358 g/mol. The standard InChI is InChI=1S/C20H33N5O3/c1-15-21-20(23-28-15)22-17-6-5-16(19(26)24-9-3-2-4-10-24)13-25(14-17)18-7-11-27-12-8-18/h16-18H,2-14H2,1H3,(H,22,23)/t16-,17+/m1/s1. The van der Waals surface area contributed by atoms with Gasteiger partial charge in [-0.2, -0.15) is 4.98 Å². The van der Waals surface area contributed by atoms with Crippen LogP contribution in [0.3, 0.4) is 0 Å². The van der Waals surface area contributed by atoms with Crippen molar-refractivity contribution in [3.8, 4) is 0 Å². The maximum absolute atomic E-state index is 13.2. The topological polar surface area (TPSA) is 83.7 Å². The van der Waals surface area contributed by atoms with E-state index in [9.17, 15) is 4.79 Å². The number of aryl methyl sites for hydroxylation is 1. The summed E-state index contributed by atoms with van der Waals surface area (Å²) in [5, 5.41) is 7.43. The Morgan fingerprint density at radius 1 is 1.07 bits per heavy atom. The Kier molecular flexibility index (Phi) is 6.47. The monoisotopic (exact) mass is 391 g/mol. The first-order valence-electron chi connectivity index (χ1n) is 10.9. The maximum Gasteiger partial charge on any atom is 0.263 e. The number of aromatic nitrogens is 2. The average molecular weight is 392 g/mol. The van der Waals surface area contributed by atoms with Gasteiger partial charge in [0.15, 0.2) is 0 Å². The normalized spacial score (nSPS) is 28.1. The van der Waals surface area contributed by atoms with Crippen molar-refractivity contribution >= 4 is 11.9 Å². The van der Waals surface area contributed by atoms with Gasteiger partial charge in [-0.15, -0.1) is 0 Å². The van der Waals surface area contributed by atoms with Gasteiger partial charge in [-0.3, -0.25) is 9.69 Å². The summed E-state index contributed by atoms with van der Waals surface area (Å²) >= 11 is 0. The van der Waals surface area contributed by atoms with Crippen LogP contribution in [0.2, 0.25) is 0 Å². The van der Waals surface area contributed by atoms with Gasteiger partial charge in [0.2, 0.25) is 11.8 Å². The van der Waals surface area contributed by atoms with Gasteiger partial charge in [0.25, 0.3) is 5.95 Å². The molecule has 3 fully saturated rings. The molecule has 0 spiro atoms. The van der Waals surface area contributed by atoms with E-state index in [4.69, 9.17) is 9.26 Å². The lowest BCUT2D eigenvalue weighted by Crippen LogP contribution is -2.48. The van der Waals surface area contributed by atoms with Crippen LogP contribution in [0.25, 0.3) is 0 Å². The third-order valence-electron chi connectivity index (χ3n) is 6.36. The zero-order valence-electron chi connectivity index (χ0n) is 16.9. The summed E-state index contributed by atoms with van der Waals surface area (Å²) in [7, 11) is 0. The number of hydrogen-bond donors (Lipinski definition) is 1. The number of carbonyl (C=O) groups is 1. The van der Waals surface area contributed by atoms with Crippen LogP contribution < -0.4 is 5.32 Å². The third-order valence-corrected chi connectivity index (χ3v) is 6.36. The van der Waals surface area contributed by atoms with E-state index in [0.29, 0.717) is 23.8 Å². The molecule has 1 aromatic rings. The van der Waals surface area contributed by atoms with Crippen LogP contribution >= 0.6 is 0 Å². The first kappa shape index (κ1) is 19.6. The lowest BCUT2D eigenvalue weighted by atomic mass is 9.98. The molecule has 1 amide bonds. The molecule has 1 aromatic heterocycles. The molecule has 3 aliphatic rings. The van der Waals surface area contributed by atoms with E-state index in [1.807, 2.05) is 0 Å². The lowest BCUT2D eigenvalue weighted by molar-refractivity contribution is -0.137. The molecule has 8 heteroatoms. The quantitative estimate of drug-likeness (QED) is 0.841. The first-order valence-corrected chi connectivity index (χ1v) is 10.9. The summed E-state index contributed by atoms with van der Waals surface area (Å²) in [5.41, 5.74) is 0. The van der Waals surface area contributed by atoms with Crippen LogP contribution in [0.5, 0.6) is 0 Å². The van der Waals surface area contributed by atoms with Gasteiger partial charge in [0.05, 0.1) is 5.92 Å². The summed E-state index contributed by atoms with van der Waals surface area (Å²) in [6.07, 6.45) is 7.46. The zero-order valence-corrected chi connectivity index (χ0v) is 16.9. The Labute approximate surface area is 167 Å². The van der Waals surface area contributed by atoms with E-state index in [0.717, 1.165) is 77.9 Å². The molecule has 0 aliphatic carbocycles. The van der Waals surface area contributed by atoms with Crippen LogP contribution in [-0.4, -0.2) is 77.3 Å². The molecule has 0 unspecified atom stereocenters. The predicted molar refractivity (Wildman–Crippen MR) is 105 cm³/mol. The number of piperidine rings is 1. The smallest absolute Gasteiger partial charge is 0.263 e. The minimum Gasteiger partial charge on any atom is -0.381 e. The molecule has 1 N–H and O–H groups in total. The summed E-state index contributed by atoms with van der Waals surface area (Å²) in [4.78, 5) is 22.1. The number of likely N-dealkylation sites (tertiary alicyclic amines) is 2. The van der Waals surface area contributed by atoms with E-state index in [-0.39, 0.29) is 12.0 Å². The first-order chi connectivity index (χ1) is 13.7. The highest BCUT2D eigenvalue weighted by Gasteiger charge is 2.35. The van der Waals surface area contributed by atoms with Crippen molar-refractivity contribution in [1.29, 1.82) is 0 Å². The van der Waals surface area contributed by atoms with E-state index < -0.39 is 0 Å². The molecule has 0 bridgehead atoms. The molecule has 0 aromatic carbocycles. The van der Waals surface area contributed by atoms with Gasteiger partial charge in [-0.05, 0) is 50.1 Å². The maximum atomic E-state index is 13.2. The van der Waals surface area contributed by atoms with Crippen molar-refractivity contribution in [2.45, 2.75) is 64.0 Å². The van der Waals surface area contributed by atoms with Crippen molar-refractivity contribution < 1.29 is 14.1 Å². The second kappa shape index (κ2) is 9.22. The third kappa shape index (κ3) is 4.84. The fraction of sp³-hybridized carbons (Fsp3) is 0.850. The summed E-state index contributed by atoms with van der Waals surface area (Å²) in [5.74, 6) is 1.55. The molecule has 28 heavy (non-hydrogen) atoms. The van der Waals surface area contributed by atoms with Gasteiger partial charge >= 0.3 is 0 Å². The average Bonchev–Trinajstić information content (AvgIpc) is 3.03. The SMILES string of the molecule is Cc1nc(N[C@H]2CC[C@@H](C(=O)N3CCCCC3)CN(C3CCOCC3)C2)no1. The molecule has 0 saturated carbocycles.